The third-order valence-corrected chi connectivity index (χ3v) is 6.67. The molecule has 0 bridgehead atoms. The van der Waals surface area contributed by atoms with Gasteiger partial charge in [0.05, 0.1) is 4.90 Å². The van der Waals surface area contributed by atoms with E-state index in [0.29, 0.717) is 36.6 Å². The normalized spacial score (nSPS) is 16.0. The Balaban J connectivity index is 1.73. The molecular formula is C19H22N2O3S. The van der Waals surface area contributed by atoms with Gasteiger partial charge in [-0.3, -0.25) is 4.79 Å². The van der Waals surface area contributed by atoms with E-state index in [1.165, 1.54) is 4.31 Å². The Morgan fingerprint density at radius 2 is 1.40 bits per heavy atom. The summed E-state index contributed by atoms with van der Waals surface area (Å²) < 4.78 is 27.1. The Kier molecular flexibility index (Phi) is 4.92. The summed E-state index contributed by atoms with van der Waals surface area (Å²) in [4.78, 5) is 14.7. The molecule has 25 heavy (non-hydrogen) atoms. The van der Waals surface area contributed by atoms with Gasteiger partial charge in [0, 0.05) is 31.7 Å². The van der Waals surface area contributed by atoms with Gasteiger partial charge in [0.25, 0.3) is 5.91 Å². The number of piperazine rings is 1. The summed E-state index contributed by atoms with van der Waals surface area (Å²) in [5, 5.41) is 0. The third-order valence-electron chi connectivity index (χ3n) is 4.61. The van der Waals surface area contributed by atoms with E-state index in [2.05, 4.69) is 0 Å². The third kappa shape index (κ3) is 3.45. The van der Waals surface area contributed by atoms with Crippen molar-refractivity contribution in [2.75, 3.05) is 26.2 Å². The second kappa shape index (κ2) is 6.98. The predicted octanol–water partition coefficient (Wildman–Crippen LogP) is 2.45. The Morgan fingerprint density at radius 1 is 0.840 bits per heavy atom. The zero-order valence-electron chi connectivity index (χ0n) is 14.5. The number of carbonyl (C=O) groups is 1. The minimum absolute atomic E-state index is 0.0361. The van der Waals surface area contributed by atoms with Gasteiger partial charge in [-0.2, -0.15) is 4.31 Å². The maximum absolute atomic E-state index is 12.8. The van der Waals surface area contributed by atoms with E-state index >= 15 is 0 Å². The van der Waals surface area contributed by atoms with Crippen molar-refractivity contribution in [2.24, 2.45) is 0 Å². The Bertz CT molecular complexity index is 885. The Labute approximate surface area is 148 Å². The van der Waals surface area contributed by atoms with Gasteiger partial charge in [0.1, 0.15) is 0 Å². The highest BCUT2D eigenvalue weighted by molar-refractivity contribution is 7.89. The number of hydrogen-bond acceptors (Lipinski definition) is 3. The largest absolute Gasteiger partial charge is 0.336 e. The molecule has 6 heteroatoms. The van der Waals surface area contributed by atoms with Crippen LogP contribution in [0.1, 0.15) is 21.5 Å². The molecule has 1 amide bonds. The Morgan fingerprint density at radius 3 is 2.00 bits per heavy atom. The van der Waals surface area contributed by atoms with Crippen LogP contribution in [-0.2, 0) is 10.0 Å². The van der Waals surface area contributed by atoms with E-state index in [-0.39, 0.29) is 5.91 Å². The van der Waals surface area contributed by atoms with Crippen LogP contribution in [0.15, 0.2) is 53.4 Å². The van der Waals surface area contributed by atoms with Gasteiger partial charge in [0.15, 0.2) is 0 Å². The zero-order chi connectivity index (χ0) is 18.0. The fourth-order valence-electron chi connectivity index (χ4n) is 3.10. The van der Waals surface area contributed by atoms with E-state index in [4.69, 9.17) is 0 Å². The van der Waals surface area contributed by atoms with Crippen molar-refractivity contribution in [2.45, 2.75) is 18.7 Å². The van der Waals surface area contributed by atoms with Gasteiger partial charge in [-0.15, -0.1) is 0 Å². The van der Waals surface area contributed by atoms with Crippen LogP contribution in [0.3, 0.4) is 0 Å². The van der Waals surface area contributed by atoms with Crippen LogP contribution in [0.25, 0.3) is 0 Å². The lowest BCUT2D eigenvalue weighted by Gasteiger charge is -2.34. The van der Waals surface area contributed by atoms with Crippen LogP contribution in [0.5, 0.6) is 0 Å². The van der Waals surface area contributed by atoms with Crippen LogP contribution < -0.4 is 0 Å². The van der Waals surface area contributed by atoms with E-state index < -0.39 is 10.0 Å². The molecule has 0 unspecified atom stereocenters. The molecule has 2 aromatic rings. The number of carbonyl (C=O) groups excluding carboxylic acids is 1. The molecule has 0 spiro atoms. The number of hydrogen-bond donors (Lipinski definition) is 0. The second-order valence-corrected chi connectivity index (χ2v) is 8.18. The van der Waals surface area contributed by atoms with Crippen LogP contribution in [0.2, 0.25) is 0 Å². The molecule has 0 aromatic heterocycles. The quantitative estimate of drug-likeness (QED) is 0.847. The summed E-state index contributed by atoms with van der Waals surface area (Å²) in [5.74, 6) is -0.0361. The van der Waals surface area contributed by atoms with Crippen LogP contribution in [0.4, 0.5) is 0 Å². The number of aryl methyl sites for hydroxylation is 2. The van der Waals surface area contributed by atoms with Gasteiger partial charge >= 0.3 is 0 Å². The monoisotopic (exact) mass is 358 g/mol. The lowest BCUT2D eigenvalue weighted by Crippen LogP contribution is -2.50. The highest BCUT2D eigenvalue weighted by Gasteiger charge is 2.31. The van der Waals surface area contributed by atoms with Gasteiger partial charge in [-0.1, -0.05) is 36.4 Å². The van der Waals surface area contributed by atoms with Crippen LogP contribution in [-0.4, -0.2) is 49.7 Å². The number of rotatable bonds is 3. The molecule has 1 saturated heterocycles. The Hall–Kier alpha value is -2.18. The van der Waals surface area contributed by atoms with Gasteiger partial charge < -0.3 is 4.90 Å². The molecule has 1 heterocycles. The maximum Gasteiger partial charge on any atom is 0.254 e. The molecule has 0 saturated carbocycles. The summed E-state index contributed by atoms with van der Waals surface area (Å²) in [6.07, 6.45) is 0. The molecule has 0 N–H and O–H groups in total. The smallest absolute Gasteiger partial charge is 0.254 e. The summed E-state index contributed by atoms with van der Waals surface area (Å²) in [6, 6.07) is 14.5. The molecule has 5 nitrogen and oxygen atoms in total. The van der Waals surface area contributed by atoms with Crippen LogP contribution in [0, 0.1) is 13.8 Å². The average molecular weight is 358 g/mol. The highest BCUT2D eigenvalue weighted by Crippen LogP contribution is 2.21. The average Bonchev–Trinajstić information content (AvgIpc) is 2.62. The van der Waals surface area contributed by atoms with E-state index in [1.807, 2.05) is 37.3 Å². The zero-order valence-corrected chi connectivity index (χ0v) is 15.3. The van der Waals surface area contributed by atoms with Crippen molar-refractivity contribution in [1.82, 2.24) is 9.21 Å². The minimum atomic E-state index is -3.52. The predicted molar refractivity (Wildman–Crippen MR) is 97.0 cm³/mol. The van der Waals surface area contributed by atoms with Crippen molar-refractivity contribution >= 4 is 15.9 Å². The lowest BCUT2D eigenvalue weighted by atomic mass is 10.1. The number of amides is 1. The molecule has 3 rings (SSSR count). The van der Waals surface area contributed by atoms with E-state index in [1.54, 1.807) is 30.0 Å². The van der Waals surface area contributed by atoms with Crippen molar-refractivity contribution < 1.29 is 13.2 Å². The number of benzene rings is 2. The molecule has 132 valence electrons. The number of sulfonamides is 1. The molecule has 1 aliphatic rings. The van der Waals surface area contributed by atoms with Crippen molar-refractivity contribution in [3.8, 4) is 0 Å². The highest BCUT2D eigenvalue weighted by atomic mass is 32.2. The standard InChI is InChI=1S/C19H22N2O3S/c1-15-7-3-5-9-17(15)19(22)20-11-13-21(14-12-20)25(23,24)18-10-6-4-8-16(18)2/h3-10H,11-14H2,1-2H3. The molecule has 0 aliphatic carbocycles. The van der Waals surface area contributed by atoms with Crippen molar-refractivity contribution in [1.29, 1.82) is 0 Å². The van der Waals surface area contributed by atoms with Crippen molar-refractivity contribution in [3.63, 3.8) is 0 Å². The molecule has 1 aliphatic heterocycles. The maximum atomic E-state index is 12.8. The second-order valence-electron chi connectivity index (χ2n) is 6.28. The van der Waals surface area contributed by atoms with Crippen LogP contribution >= 0.6 is 0 Å². The molecule has 0 atom stereocenters. The SMILES string of the molecule is Cc1ccccc1C(=O)N1CCN(S(=O)(=O)c2ccccc2C)CC1. The first-order chi connectivity index (χ1) is 11.9. The van der Waals surface area contributed by atoms with E-state index in [9.17, 15) is 13.2 Å². The molecule has 0 radical (unpaired) electrons. The first kappa shape index (κ1) is 17.6. The topological polar surface area (TPSA) is 57.7 Å². The summed E-state index contributed by atoms with van der Waals surface area (Å²) in [5.41, 5.74) is 2.35. The first-order valence-corrected chi connectivity index (χ1v) is 9.76. The fourth-order valence-corrected chi connectivity index (χ4v) is 4.75. The number of nitrogens with zero attached hydrogens (tertiary/aromatic N) is 2. The first-order valence-electron chi connectivity index (χ1n) is 8.32. The molecule has 1 fully saturated rings. The van der Waals surface area contributed by atoms with Gasteiger partial charge in [-0.25, -0.2) is 8.42 Å². The summed E-state index contributed by atoms with van der Waals surface area (Å²) in [7, 11) is -3.52. The van der Waals surface area contributed by atoms with Gasteiger partial charge in [0.2, 0.25) is 10.0 Å². The molecule has 2 aromatic carbocycles. The van der Waals surface area contributed by atoms with Gasteiger partial charge in [-0.05, 0) is 37.1 Å². The summed E-state index contributed by atoms with van der Waals surface area (Å²) in [6.45, 7) is 5.14. The molecular weight excluding hydrogens is 336 g/mol. The fraction of sp³-hybridized carbons (Fsp3) is 0.316. The lowest BCUT2D eigenvalue weighted by molar-refractivity contribution is 0.0697. The minimum Gasteiger partial charge on any atom is -0.336 e. The van der Waals surface area contributed by atoms with E-state index in [0.717, 1.165) is 11.1 Å². The summed E-state index contributed by atoms with van der Waals surface area (Å²) >= 11 is 0. The van der Waals surface area contributed by atoms with Crippen molar-refractivity contribution in [3.05, 3.63) is 65.2 Å².